The highest BCUT2D eigenvalue weighted by Crippen LogP contribution is 2.35. The molecular formula is C23H23F3O4. The Labute approximate surface area is 172 Å². The fourth-order valence-corrected chi connectivity index (χ4v) is 3.08. The highest BCUT2D eigenvalue weighted by atomic mass is 19.4. The molecule has 0 bridgehead atoms. The number of hydrogen-bond acceptors (Lipinski definition) is 4. The van der Waals surface area contributed by atoms with Gasteiger partial charge in [-0.3, -0.25) is 0 Å². The summed E-state index contributed by atoms with van der Waals surface area (Å²) in [5.41, 5.74) is 2.95. The van der Waals surface area contributed by atoms with Gasteiger partial charge >= 0.3 is 12.0 Å². The normalized spacial score (nSPS) is 10.9. The van der Waals surface area contributed by atoms with E-state index < -0.39 is 12.0 Å². The summed E-state index contributed by atoms with van der Waals surface area (Å²) in [6.45, 7) is 9.15. The van der Waals surface area contributed by atoms with Crippen LogP contribution in [0.3, 0.4) is 0 Å². The number of aromatic hydroxyl groups is 1. The van der Waals surface area contributed by atoms with Crippen molar-refractivity contribution in [2.45, 2.75) is 41.0 Å². The highest BCUT2D eigenvalue weighted by molar-refractivity contribution is 5.78. The van der Waals surface area contributed by atoms with Crippen LogP contribution < -0.4 is 10.4 Å². The summed E-state index contributed by atoms with van der Waals surface area (Å²) in [6.07, 6.45) is -4.74. The van der Waals surface area contributed by atoms with Crippen LogP contribution in [0.5, 0.6) is 11.5 Å². The van der Waals surface area contributed by atoms with E-state index in [1.807, 2.05) is 26.8 Å². The minimum Gasteiger partial charge on any atom is -0.507 e. The van der Waals surface area contributed by atoms with Crippen molar-refractivity contribution < 1.29 is 27.4 Å². The van der Waals surface area contributed by atoms with Gasteiger partial charge in [0.1, 0.15) is 22.8 Å². The van der Waals surface area contributed by atoms with E-state index in [1.165, 1.54) is 30.3 Å². The van der Waals surface area contributed by atoms with Crippen molar-refractivity contribution in [2.75, 3.05) is 0 Å². The monoisotopic (exact) mass is 420 g/mol. The largest absolute Gasteiger partial charge is 0.573 e. The van der Waals surface area contributed by atoms with Gasteiger partial charge in [-0.1, -0.05) is 38.1 Å². The maximum Gasteiger partial charge on any atom is 0.573 e. The van der Waals surface area contributed by atoms with Gasteiger partial charge in [0.05, 0.1) is 0 Å². The van der Waals surface area contributed by atoms with Crippen molar-refractivity contribution in [3.63, 3.8) is 0 Å². The molecule has 0 aliphatic rings. The lowest BCUT2D eigenvalue weighted by molar-refractivity contribution is -0.274. The predicted octanol–water partition coefficient (Wildman–Crippen LogP) is 6.53. The van der Waals surface area contributed by atoms with E-state index in [4.69, 9.17) is 4.42 Å². The first kappa shape index (κ1) is 23.1. The van der Waals surface area contributed by atoms with Gasteiger partial charge in [0.15, 0.2) is 0 Å². The van der Waals surface area contributed by atoms with Crippen molar-refractivity contribution in [3.8, 4) is 33.8 Å². The number of rotatable bonds is 3. The van der Waals surface area contributed by atoms with E-state index in [9.17, 15) is 23.1 Å². The lowest BCUT2D eigenvalue weighted by Crippen LogP contribution is -2.16. The van der Waals surface area contributed by atoms with Crippen LogP contribution in [0.25, 0.3) is 22.3 Å². The summed E-state index contributed by atoms with van der Waals surface area (Å²) in [6, 6.07) is 10.5. The smallest absolute Gasteiger partial charge is 0.507 e. The molecule has 4 nitrogen and oxygen atoms in total. The Morgan fingerprint density at radius 3 is 1.97 bits per heavy atom. The number of ether oxygens (including phenoxy) is 1. The van der Waals surface area contributed by atoms with Crippen LogP contribution >= 0.6 is 0 Å². The summed E-state index contributed by atoms with van der Waals surface area (Å²) in [4.78, 5) is 12.2. The molecule has 0 atom stereocenters. The Morgan fingerprint density at radius 2 is 1.43 bits per heavy atom. The van der Waals surface area contributed by atoms with Gasteiger partial charge < -0.3 is 14.3 Å². The number of aryl methyl sites for hydroxylation is 3. The molecule has 160 valence electrons. The number of halogens is 3. The third-order valence-corrected chi connectivity index (χ3v) is 4.29. The molecule has 0 spiro atoms. The van der Waals surface area contributed by atoms with E-state index in [1.54, 1.807) is 19.9 Å². The molecule has 0 fully saturated rings. The molecule has 0 amide bonds. The highest BCUT2D eigenvalue weighted by Gasteiger charge is 2.31. The summed E-state index contributed by atoms with van der Waals surface area (Å²) in [5, 5.41) is 10.2. The average Bonchev–Trinajstić information content (AvgIpc) is 2.64. The molecule has 0 unspecified atom stereocenters. The molecule has 1 N–H and O–H groups in total. The fourth-order valence-electron chi connectivity index (χ4n) is 3.08. The topological polar surface area (TPSA) is 59.7 Å². The SMILES string of the molecule is CC.Cc1cc(O)c(-c2cc(C)c(-c3ccc(OC(F)(F)F)cc3)cc2C)c(=O)o1. The predicted molar refractivity (Wildman–Crippen MR) is 110 cm³/mol. The quantitative estimate of drug-likeness (QED) is 0.523. The van der Waals surface area contributed by atoms with E-state index in [0.717, 1.165) is 11.1 Å². The van der Waals surface area contributed by atoms with Crippen molar-refractivity contribution in [2.24, 2.45) is 0 Å². The molecule has 0 saturated heterocycles. The van der Waals surface area contributed by atoms with E-state index in [-0.39, 0.29) is 17.1 Å². The Morgan fingerprint density at radius 1 is 0.900 bits per heavy atom. The summed E-state index contributed by atoms with van der Waals surface area (Å²) < 4.78 is 45.9. The zero-order chi connectivity index (χ0) is 22.6. The molecule has 30 heavy (non-hydrogen) atoms. The average molecular weight is 420 g/mol. The van der Waals surface area contributed by atoms with Crippen LogP contribution in [0.2, 0.25) is 0 Å². The molecular weight excluding hydrogens is 397 g/mol. The van der Waals surface area contributed by atoms with Gasteiger partial charge in [0.2, 0.25) is 0 Å². The van der Waals surface area contributed by atoms with Crippen molar-refractivity contribution in [3.05, 3.63) is 69.8 Å². The molecule has 0 aliphatic carbocycles. The fraction of sp³-hybridized carbons (Fsp3) is 0.261. The van der Waals surface area contributed by atoms with Crippen LogP contribution in [0, 0.1) is 20.8 Å². The zero-order valence-corrected chi connectivity index (χ0v) is 17.3. The van der Waals surface area contributed by atoms with Gasteiger partial charge in [0, 0.05) is 6.07 Å². The second-order valence-corrected chi connectivity index (χ2v) is 6.46. The Balaban J connectivity index is 0.00000155. The van der Waals surface area contributed by atoms with Gasteiger partial charge in [0.25, 0.3) is 0 Å². The second kappa shape index (κ2) is 9.07. The van der Waals surface area contributed by atoms with E-state index >= 15 is 0 Å². The van der Waals surface area contributed by atoms with Crippen molar-refractivity contribution in [1.29, 1.82) is 0 Å². The molecule has 0 saturated carbocycles. The van der Waals surface area contributed by atoms with Gasteiger partial charge in [-0.15, -0.1) is 13.2 Å². The van der Waals surface area contributed by atoms with Gasteiger partial charge in [-0.2, -0.15) is 0 Å². The van der Waals surface area contributed by atoms with E-state index in [2.05, 4.69) is 4.74 Å². The van der Waals surface area contributed by atoms with Crippen LogP contribution in [-0.4, -0.2) is 11.5 Å². The first-order chi connectivity index (χ1) is 14.0. The zero-order valence-electron chi connectivity index (χ0n) is 17.3. The van der Waals surface area contributed by atoms with E-state index in [0.29, 0.717) is 22.5 Å². The minimum absolute atomic E-state index is 0.0756. The molecule has 1 heterocycles. The van der Waals surface area contributed by atoms with Crippen LogP contribution in [0.1, 0.15) is 30.7 Å². The number of benzene rings is 2. The third-order valence-electron chi connectivity index (χ3n) is 4.29. The molecule has 2 aromatic carbocycles. The first-order valence-electron chi connectivity index (χ1n) is 9.36. The Hall–Kier alpha value is -3.22. The molecule has 1 aromatic heterocycles. The molecule has 3 aromatic rings. The van der Waals surface area contributed by atoms with Gasteiger partial charge in [-0.05, 0) is 60.7 Å². The molecule has 0 aliphatic heterocycles. The lowest BCUT2D eigenvalue weighted by Gasteiger charge is -2.14. The van der Waals surface area contributed by atoms with Gasteiger partial charge in [-0.25, -0.2) is 4.79 Å². The van der Waals surface area contributed by atoms with Crippen LogP contribution in [-0.2, 0) is 0 Å². The molecule has 0 radical (unpaired) electrons. The van der Waals surface area contributed by atoms with Crippen LogP contribution in [0.15, 0.2) is 51.7 Å². The maximum absolute atomic E-state index is 12.3. The number of hydrogen-bond donors (Lipinski definition) is 1. The summed E-state index contributed by atoms with van der Waals surface area (Å²) >= 11 is 0. The summed E-state index contributed by atoms with van der Waals surface area (Å²) in [5.74, 6) is -0.166. The summed E-state index contributed by atoms with van der Waals surface area (Å²) in [7, 11) is 0. The lowest BCUT2D eigenvalue weighted by atomic mass is 9.92. The minimum atomic E-state index is -4.74. The molecule has 3 rings (SSSR count). The first-order valence-corrected chi connectivity index (χ1v) is 9.36. The Bertz CT molecular complexity index is 1080. The van der Waals surface area contributed by atoms with Crippen LogP contribution in [0.4, 0.5) is 13.2 Å². The van der Waals surface area contributed by atoms with Crippen molar-refractivity contribution >= 4 is 0 Å². The second-order valence-electron chi connectivity index (χ2n) is 6.46. The maximum atomic E-state index is 12.3. The Kier molecular flexibility index (Phi) is 6.97. The third kappa shape index (κ3) is 5.23. The number of alkyl halides is 3. The van der Waals surface area contributed by atoms with Crippen molar-refractivity contribution in [1.82, 2.24) is 0 Å². The standard InChI is InChI=1S/C21H17F3O4.C2H6/c1-11-9-17(19-18(25)10-13(3)27-20(19)26)12(2)8-16(11)14-4-6-15(7-5-14)28-21(22,23)24;1-2/h4-10,25H,1-3H3;1-2H3. The molecule has 7 heteroatoms.